The summed E-state index contributed by atoms with van der Waals surface area (Å²) in [5.74, 6) is 0.0507. The number of rotatable bonds is 7. The largest absolute Gasteiger partial charge is 0.329 e. The molecule has 5 nitrogen and oxygen atoms in total. The molecular weight excluding hydrogens is 284 g/mol. The Balaban J connectivity index is 1.87. The summed E-state index contributed by atoms with van der Waals surface area (Å²) in [7, 11) is 3.85. The van der Waals surface area contributed by atoms with Crippen molar-refractivity contribution in [1.82, 2.24) is 14.9 Å². The highest BCUT2D eigenvalue weighted by Gasteiger charge is 2.04. The van der Waals surface area contributed by atoms with Crippen molar-refractivity contribution in [3.05, 3.63) is 36.7 Å². The fourth-order valence-corrected chi connectivity index (χ4v) is 2.61. The molecule has 112 valence electrons. The molecule has 0 bridgehead atoms. The van der Waals surface area contributed by atoms with Crippen LogP contribution < -0.4 is 10.6 Å². The molecule has 6 heteroatoms. The van der Waals surface area contributed by atoms with Crippen molar-refractivity contribution in [3.63, 3.8) is 0 Å². The molecule has 0 atom stereocenters. The number of carbonyl (C=O) groups is 1. The molecule has 0 spiro atoms. The average Bonchev–Trinajstić information content (AvgIpc) is 2.87. The lowest BCUT2D eigenvalue weighted by Gasteiger charge is -2.06. The Morgan fingerprint density at radius 1 is 1.33 bits per heavy atom. The van der Waals surface area contributed by atoms with Crippen molar-refractivity contribution in [3.8, 4) is 0 Å². The number of nitrogens with zero attached hydrogens (tertiary/aromatic N) is 2. The summed E-state index contributed by atoms with van der Waals surface area (Å²) in [6.45, 7) is 0.854. The zero-order valence-corrected chi connectivity index (χ0v) is 13.1. The van der Waals surface area contributed by atoms with Crippen LogP contribution in [0.4, 0.5) is 5.69 Å². The number of amides is 1. The lowest BCUT2D eigenvalue weighted by atomic mass is 10.2. The number of carbonyl (C=O) groups excluding carboxylic acids is 1. The van der Waals surface area contributed by atoms with Crippen LogP contribution in [0.25, 0.3) is 0 Å². The second kappa shape index (κ2) is 7.85. The fraction of sp³-hybridized carbons (Fsp3) is 0.333. The Kier molecular flexibility index (Phi) is 5.83. The molecule has 1 heterocycles. The number of imidazole rings is 1. The van der Waals surface area contributed by atoms with E-state index in [1.165, 1.54) is 0 Å². The first-order valence-corrected chi connectivity index (χ1v) is 7.70. The molecule has 0 saturated heterocycles. The monoisotopic (exact) mass is 304 g/mol. The van der Waals surface area contributed by atoms with Gasteiger partial charge < -0.3 is 15.2 Å². The zero-order chi connectivity index (χ0) is 15.1. The van der Waals surface area contributed by atoms with Crippen molar-refractivity contribution < 1.29 is 4.79 Å². The second-order valence-electron chi connectivity index (χ2n) is 4.70. The minimum absolute atomic E-state index is 0.0507. The molecule has 0 saturated carbocycles. The average molecular weight is 304 g/mol. The standard InChI is InChI=1S/C15H20N4OS/c1-16-9-3-4-14(20)18-12-5-7-13(8-6-12)21-15-17-10-11-19(15)2/h5-8,10-11,16H,3-4,9H2,1-2H3,(H,18,20). The molecule has 21 heavy (non-hydrogen) atoms. The van der Waals surface area contributed by atoms with Gasteiger partial charge in [-0.3, -0.25) is 4.79 Å². The third kappa shape index (κ3) is 4.91. The molecule has 0 radical (unpaired) electrons. The van der Waals surface area contributed by atoms with Gasteiger partial charge in [0.15, 0.2) is 5.16 Å². The van der Waals surface area contributed by atoms with Crippen LogP contribution in [0.1, 0.15) is 12.8 Å². The minimum Gasteiger partial charge on any atom is -0.329 e. The highest BCUT2D eigenvalue weighted by Crippen LogP contribution is 2.26. The first-order valence-electron chi connectivity index (χ1n) is 6.89. The number of aryl methyl sites for hydroxylation is 1. The number of hydrogen-bond acceptors (Lipinski definition) is 4. The highest BCUT2D eigenvalue weighted by molar-refractivity contribution is 7.99. The third-order valence-corrected chi connectivity index (χ3v) is 4.04. The zero-order valence-electron chi connectivity index (χ0n) is 12.3. The van der Waals surface area contributed by atoms with Crippen LogP contribution in [0.5, 0.6) is 0 Å². The highest BCUT2D eigenvalue weighted by atomic mass is 32.2. The maximum Gasteiger partial charge on any atom is 0.224 e. The number of aromatic nitrogens is 2. The minimum atomic E-state index is 0.0507. The van der Waals surface area contributed by atoms with Crippen LogP contribution in [0.2, 0.25) is 0 Å². The quantitative estimate of drug-likeness (QED) is 0.772. The number of benzene rings is 1. The van der Waals surface area contributed by atoms with E-state index in [1.807, 2.05) is 49.1 Å². The smallest absolute Gasteiger partial charge is 0.224 e. The number of nitrogens with one attached hydrogen (secondary N) is 2. The number of anilines is 1. The van der Waals surface area contributed by atoms with Crippen LogP contribution in [-0.4, -0.2) is 29.1 Å². The van der Waals surface area contributed by atoms with Crippen LogP contribution in [0, 0.1) is 0 Å². The van der Waals surface area contributed by atoms with E-state index in [-0.39, 0.29) is 5.91 Å². The van der Waals surface area contributed by atoms with Crippen molar-refractivity contribution >= 4 is 23.4 Å². The first-order chi connectivity index (χ1) is 10.2. The van der Waals surface area contributed by atoms with E-state index in [1.54, 1.807) is 18.0 Å². The van der Waals surface area contributed by atoms with Crippen LogP contribution in [0.3, 0.4) is 0 Å². The van der Waals surface area contributed by atoms with Crippen molar-refractivity contribution in [2.45, 2.75) is 22.9 Å². The molecule has 2 rings (SSSR count). The van der Waals surface area contributed by atoms with Gasteiger partial charge in [0.05, 0.1) is 0 Å². The fourth-order valence-electron chi connectivity index (χ4n) is 1.81. The van der Waals surface area contributed by atoms with Gasteiger partial charge in [-0.05, 0) is 44.3 Å². The molecule has 1 amide bonds. The summed E-state index contributed by atoms with van der Waals surface area (Å²) in [5.41, 5.74) is 0.827. The normalized spacial score (nSPS) is 10.6. The Bertz CT molecular complexity index is 580. The van der Waals surface area contributed by atoms with Gasteiger partial charge in [0.2, 0.25) is 5.91 Å². The van der Waals surface area contributed by atoms with Gasteiger partial charge in [0, 0.05) is 36.4 Å². The molecular formula is C15H20N4OS. The molecule has 0 fully saturated rings. The predicted octanol–water partition coefficient (Wildman–Crippen LogP) is 2.51. The van der Waals surface area contributed by atoms with E-state index in [9.17, 15) is 4.79 Å². The lowest BCUT2D eigenvalue weighted by Crippen LogP contribution is -2.15. The summed E-state index contributed by atoms with van der Waals surface area (Å²) in [6.07, 6.45) is 5.07. The Hall–Kier alpha value is -1.79. The molecule has 2 aromatic rings. The van der Waals surface area contributed by atoms with E-state index in [0.717, 1.165) is 28.7 Å². The van der Waals surface area contributed by atoms with Crippen molar-refractivity contribution in [2.75, 3.05) is 18.9 Å². The Morgan fingerprint density at radius 3 is 2.71 bits per heavy atom. The molecule has 0 aliphatic carbocycles. The van der Waals surface area contributed by atoms with Gasteiger partial charge in [-0.15, -0.1) is 0 Å². The van der Waals surface area contributed by atoms with Crippen LogP contribution >= 0.6 is 11.8 Å². The molecule has 0 aliphatic heterocycles. The predicted molar refractivity (Wildman–Crippen MR) is 85.6 cm³/mol. The van der Waals surface area contributed by atoms with Gasteiger partial charge in [-0.25, -0.2) is 4.98 Å². The van der Waals surface area contributed by atoms with E-state index < -0.39 is 0 Å². The molecule has 1 aromatic heterocycles. The first kappa shape index (κ1) is 15.6. The van der Waals surface area contributed by atoms with Crippen molar-refractivity contribution in [1.29, 1.82) is 0 Å². The van der Waals surface area contributed by atoms with Crippen molar-refractivity contribution in [2.24, 2.45) is 7.05 Å². The van der Waals surface area contributed by atoms with E-state index >= 15 is 0 Å². The number of hydrogen-bond donors (Lipinski definition) is 2. The van der Waals surface area contributed by atoms with E-state index in [0.29, 0.717) is 6.42 Å². The maximum absolute atomic E-state index is 11.7. The van der Waals surface area contributed by atoms with Gasteiger partial charge in [0.25, 0.3) is 0 Å². The lowest BCUT2D eigenvalue weighted by molar-refractivity contribution is -0.116. The van der Waals surface area contributed by atoms with Gasteiger partial charge in [0.1, 0.15) is 0 Å². The van der Waals surface area contributed by atoms with Crippen LogP contribution in [-0.2, 0) is 11.8 Å². The summed E-state index contributed by atoms with van der Waals surface area (Å²) < 4.78 is 1.97. The Morgan fingerprint density at radius 2 is 2.10 bits per heavy atom. The third-order valence-electron chi connectivity index (χ3n) is 2.95. The summed E-state index contributed by atoms with van der Waals surface area (Å²) in [6, 6.07) is 7.81. The van der Waals surface area contributed by atoms with Crippen LogP contribution in [0.15, 0.2) is 46.7 Å². The topological polar surface area (TPSA) is 59.0 Å². The maximum atomic E-state index is 11.7. The summed E-state index contributed by atoms with van der Waals surface area (Å²) in [5, 5.41) is 6.87. The molecule has 0 aliphatic rings. The van der Waals surface area contributed by atoms with E-state index in [4.69, 9.17) is 0 Å². The molecule has 1 aromatic carbocycles. The van der Waals surface area contributed by atoms with Gasteiger partial charge in [-0.1, -0.05) is 11.8 Å². The summed E-state index contributed by atoms with van der Waals surface area (Å²) in [4.78, 5) is 17.1. The summed E-state index contributed by atoms with van der Waals surface area (Å²) >= 11 is 1.60. The Labute approximate surface area is 129 Å². The molecule has 2 N–H and O–H groups in total. The van der Waals surface area contributed by atoms with Gasteiger partial charge >= 0.3 is 0 Å². The van der Waals surface area contributed by atoms with E-state index in [2.05, 4.69) is 15.6 Å². The second-order valence-corrected chi connectivity index (χ2v) is 5.74. The SMILES string of the molecule is CNCCCC(=O)Nc1ccc(Sc2nccn2C)cc1. The molecule has 0 unspecified atom stereocenters. The van der Waals surface area contributed by atoms with Gasteiger partial charge in [-0.2, -0.15) is 0 Å².